The van der Waals surface area contributed by atoms with E-state index in [1.165, 1.54) is 43.4 Å². The molecule has 0 saturated heterocycles. The molecule has 2 aliphatic carbocycles. The Morgan fingerprint density at radius 2 is 2.28 bits per heavy atom. The lowest BCUT2D eigenvalue weighted by Crippen LogP contribution is -2.19. The highest BCUT2D eigenvalue weighted by molar-refractivity contribution is 7.99. The number of nitrogens with two attached hydrogens (primary N) is 1. The molecule has 100 valence electrons. The standard InChI is InChI=1S/C15H24N2S/c1-2-18-12-7-6-11(10-12)17-9-8-13-14(16)4-3-5-15(13)17/h8-9,11-12,14H,2-7,10,16H2,1H3. The van der Waals surface area contributed by atoms with Crippen LogP contribution in [0.3, 0.4) is 0 Å². The zero-order valence-electron chi connectivity index (χ0n) is 11.3. The summed E-state index contributed by atoms with van der Waals surface area (Å²) in [7, 11) is 0. The van der Waals surface area contributed by atoms with Crippen molar-refractivity contribution < 1.29 is 0 Å². The van der Waals surface area contributed by atoms with Crippen LogP contribution in [0.5, 0.6) is 0 Å². The van der Waals surface area contributed by atoms with Gasteiger partial charge in [-0.1, -0.05) is 6.92 Å². The van der Waals surface area contributed by atoms with Crippen molar-refractivity contribution in [1.82, 2.24) is 4.57 Å². The molecule has 1 aromatic heterocycles. The summed E-state index contributed by atoms with van der Waals surface area (Å²) in [5, 5.41) is 0.885. The van der Waals surface area contributed by atoms with Crippen molar-refractivity contribution in [3.05, 3.63) is 23.5 Å². The summed E-state index contributed by atoms with van der Waals surface area (Å²) in [6, 6.07) is 3.31. The first kappa shape index (κ1) is 12.6. The first-order chi connectivity index (χ1) is 8.79. The van der Waals surface area contributed by atoms with Gasteiger partial charge in [0.1, 0.15) is 0 Å². The Bertz CT molecular complexity index is 413. The Labute approximate surface area is 114 Å². The largest absolute Gasteiger partial charge is 0.348 e. The molecular formula is C15H24N2S. The monoisotopic (exact) mass is 264 g/mol. The molecule has 3 atom stereocenters. The molecule has 3 unspecified atom stereocenters. The molecule has 2 aliphatic rings. The van der Waals surface area contributed by atoms with E-state index in [1.807, 2.05) is 0 Å². The van der Waals surface area contributed by atoms with Crippen LogP contribution in [0.25, 0.3) is 0 Å². The van der Waals surface area contributed by atoms with Gasteiger partial charge in [-0.25, -0.2) is 0 Å². The van der Waals surface area contributed by atoms with E-state index in [1.54, 1.807) is 5.69 Å². The van der Waals surface area contributed by atoms with Crippen molar-refractivity contribution in [3.8, 4) is 0 Å². The Balaban J connectivity index is 1.77. The van der Waals surface area contributed by atoms with Crippen LogP contribution in [0.2, 0.25) is 0 Å². The lowest BCUT2D eigenvalue weighted by Gasteiger charge is -2.23. The average molecular weight is 264 g/mol. The third kappa shape index (κ3) is 2.23. The van der Waals surface area contributed by atoms with Gasteiger partial charge in [-0.15, -0.1) is 0 Å². The van der Waals surface area contributed by atoms with Crippen molar-refractivity contribution in [2.75, 3.05) is 5.75 Å². The molecule has 3 heteroatoms. The Morgan fingerprint density at radius 3 is 3.11 bits per heavy atom. The van der Waals surface area contributed by atoms with Crippen molar-refractivity contribution >= 4 is 11.8 Å². The minimum Gasteiger partial charge on any atom is -0.348 e. The van der Waals surface area contributed by atoms with E-state index in [-0.39, 0.29) is 6.04 Å². The fraction of sp³-hybridized carbons (Fsp3) is 0.733. The molecule has 1 heterocycles. The summed E-state index contributed by atoms with van der Waals surface area (Å²) in [4.78, 5) is 0. The first-order valence-electron chi connectivity index (χ1n) is 7.36. The molecule has 0 aliphatic heterocycles. The van der Waals surface area contributed by atoms with E-state index < -0.39 is 0 Å². The van der Waals surface area contributed by atoms with Crippen LogP contribution in [0, 0.1) is 0 Å². The van der Waals surface area contributed by atoms with E-state index in [9.17, 15) is 0 Å². The molecule has 2 nitrogen and oxygen atoms in total. The molecule has 1 aromatic rings. The van der Waals surface area contributed by atoms with Gasteiger partial charge in [0, 0.05) is 29.2 Å². The van der Waals surface area contributed by atoms with Gasteiger partial charge in [-0.2, -0.15) is 11.8 Å². The van der Waals surface area contributed by atoms with Gasteiger partial charge in [0.2, 0.25) is 0 Å². The summed E-state index contributed by atoms with van der Waals surface area (Å²) < 4.78 is 2.56. The molecule has 0 aromatic carbocycles. The van der Waals surface area contributed by atoms with E-state index in [4.69, 9.17) is 5.73 Å². The summed E-state index contributed by atoms with van der Waals surface area (Å²) in [6.07, 6.45) is 10.1. The molecule has 0 radical (unpaired) electrons. The lowest BCUT2D eigenvalue weighted by molar-refractivity contribution is 0.475. The Morgan fingerprint density at radius 1 is 1.39 bits per heavy atom. The summed E-state index contributed by atoms with van der Waals surface area (Å²) in [5.74, 6) is 1.26. The average Bonchev–Trinajstić information content (AvgIpc) is 2.96. The third-order valence-electron chi connectivity index (χ3n) is 4.54. The smallest absolute Gasteiger partial charge is 0.0344 e. The number of rotatable bonds is 3. The van der Waals surface area contributed by atoms with E-state index in [0.717, 1.165) is 17.7 Å². The zero-order valence-corrected chi connectivity index (χ0v) is 12.1. The molecule has 1 fully saturated rings. The van der Waals surface area contributed by atoms with Crippen LogP contribution in [-0.2, 0) is 6.42 Å². The van der Waals surface area contributed by atoms with Crippen molar-refractivity contribution in [3.63, 3.8) is 0 Å². The second kappa shape index (κ2) is 5.30. The maximum atomic E-state index is 6.22. The second-order valence-corrected chi connectivity index (χ2v) is 7.25. The third-order valence-corrected chi connectivity index (χ3v) is 5.77. The SMILES string of the molecule is CCSC1CCC(n2ccc3c2CCCC3N)C1. The minimum absolute atomic E-state index is 0.289. The highest BCUT2D eigenvalue weighted by Gasteiger charge is 2.29. The molecule has 0 amide bonds. The van der Waals surface area contributed by atoms with Crippen LogP contribution in [0.4, 0.5) is 0 Å². The van der Waals surface area contributed by atoms with Gasteiger partial charge in [-0.3, -0.25) is 0 Å². The van der Waals surface area contributed by atoms with E-state index in [2.05, 4.69) is 35.5 Å². The van der Waals surface area contributed by atoms with Crippen LogP contribution in [-0.4, -0.2) is 15.6 Å². The number of hydrogen-bond donors (Lipinski definition) is 1. The number of nitrogens with zero attached hydrogens (tertiary/aromatic N) is 1. The molecular weight excluding hydrogens is 240 g/mol. The number of thioether (sulfide) groups is 1. The van der Waals surface area contributed by atoms with Crippen LogP contribution >= 0.6 is 11.8 Å². The quantitative estimate of drug-likeness (QED) is 0.903. The fourth-order valence-corrected chi connectivity index (χ4v) is 4.78. The van der Waals surface area contributed by atoms with Gasteiger partial charge in [0.25, 0.3) is 0 Å². The highest BCUT2D eigenvalue weighted by atomic mass is 32.2. The van der Waals surface area contributed by atoms with Crippen molar-refractivity contribution in [2.24, 2.45) is 5.73 Å². The molecule has 0 spiro atoms. The molecule has 3 rings (SSSR count). The van der Waals surface area contributed by atoms with Crippen molar-refractivity contribution in [2.45, 2.75) is 62.8 Å². The Hall–Kier alpha value is -0.410. The van der Waals surface area contributed by atoms with E-state index in [0.29, 0.717) is 0 Å². The van der Waals surface area contributed by atoms with Crippen LogP contribution in [0.15, 0.2) is 12.3 Å². The van der Waals surface area contributed by atoms with Gasteiger partial charge in [0.15, 0.2) is 0 Å². The molecule has 2 N–H and O–H groups in total. The number of hydrogen-bond acceptors (Lipinski definition) is 2. The fourth-order valence-electron chi connectivity index (χ4n) is 3.65. The maximum Gasteiger partial charge on any atom is 0.0344 e. The Kier molecular flexibility index (Phi) is 3.71. The minimum atomic E-state index is 0.289. The molecule has 0 bridgehead atoms. The van der Waals surface area contributed by atoms with Crippen molar-refractivity contribution in [1.29, 1.82) is 0 Å². The van der Waals surface area contributed by atoms with Gasteiger partial charge < -0.3 is 10.3 Å². The van der Waals surface area contributed by atoms with Gasteiger partial charge >= 0.3 is 0 Å². The van der Waals surface area contributed by atoms with Crippen LogP contribution < -0.4 is 5.73 Å². The first-order valence-corrected chi connectivity index (χ1v) is 8.41. The number of aromatic nitrogens is 1. The predicted octanol–water partition coefficient (Wildman–Crippen LogP) is 3.67. The van der Waals surface area contributed by atoms with Gasteiger partial charge in [0.05, 0.1) is 0 Å². The lowest BCUT2D eigenvalue weighted by atomic mass is 9.93. The molecule has 1 saturated carbocycles. The molecule has 18 heavy (non-hydrogen) atoms. The number of fused-ring (bicyclic) bond motifs is 1. The highest BCUT2D eigenvalue weighted by Crippen LogP contribution is 2.40. The summed E-state index contributed by atoms with van der Waals surface area (Å²) in [6.45, 7) is 2.27. The summed E-state index contributed by atoms with van der Waals surface area (Å²) >= 11 is 2.14. The van der Waals surface area contributed by atoms with Gasteiger partial charge in [-0.05, 0) is 55.9 Å². The second-order valence-electron chi connectivity index (χ2n) is 5.67. The van der Waals surface area contributed by atoms with Crippen LogP contribution in [0.1, 0.15) is 62.4 Å². The topological polar surface area (TPSA) is 30.9 Å². The van der Waals surface area contributed by atoms with E-state index >= 15 is 0 Å². The zero-order chi connectivity index (χ0) is 12.5. The normalized spacial score (nSPS) is 31.6. The predicted molar refractivity (Wildman–Crippen MR) is 79.1 cm³/mol. The maximum absolute atomic E-state index is 6.22. The summed E-state index contributed by atoms with van der Waals surface area (Å²) in [5.41, 5.74) is 9.18.